The van der Waals surface area contributed by atoms with Gasteiger partial charge in [0.15, 0.2) is 0 Å². The van der Waals surface area contributed by atoms with Gasteiger partial charge in [0, 0.05) is 43.8 Å². The number of benzene rings is 1. The van der Waals surface area contributed by atoms with Gasteiger partial charge in [-0.15, -0.1) is 0 Å². The lowest BCUT2D eigenvalue weighted by Gasteiger charge is -2.35. The summed E-state index contributed by atoms with van der Waals surface area (Å²) in [4.78, 5) is 16.8. The molecule has 36 heavy (non-hydrogen) atoms. The molecule has 2 saturated heterocycles. The topological polar surface area (TPSA) is 80.5 Å². The molecule has 1 unspecified atom stereocenters. The fraction of sp³-hybridized carbons (Fsp3) is 0.577. The normalized spacial score (nSPS) is 22.7. The van der Waals surface area contributed by atoms with Crippen LogP contribution in [0, 0.1) is 11.3 Å². The first-order chi connectivity index (χ1) is 17.5. The molecule has 1 aromatic carbocycles. The summed E-state index contributed by atoms with van der Waals surface area (Å²) in [6.45, 7) is 5.53. The molecule has 0 radical (unpaired) electrons. The molecule has 0 aliphatic carbocycles. The third-order valence-corrected chi connectivity index (χ3v) is 8.30. The Morgan fingerprint density at radius 1 is 1.17 bits per heavy atom. The van der Waals surface area contributed by atoms with Crippen molar-refractivity contribution < 1.29 is 4.74 Å². The van der Waals surface area contributed by atoms with E-state index in [1.165, 1.54) is 12.0 Å². The van der Waals surface area contributed by atoms with Gasteiger partial charge >= 0.3 is 6.01 Å². The number of hydrogen-bond acceptors (Lipinski definition) is 8. The summed E-state index contributed by atoms with van der Waals surface area (Å²) in [6.07, 6.45) is 4.62. The molecule has 192 valence electrons. The van der Waals surface area contributed by atoms with E-state index in [9.17, 15) is 5.26 Å². The van der Waals surface area contributed by atoms with Crippen LogP contribution in [0.4, 0.5) is 11.5 Å². The van der Waals surface area contributed by atoms with Gasteiger partial charge in [-0.25, -0.2) is 0 Å². The standard InChI is InChI=1S/C26H33Cl2N7O/c1-33-12-3-5-19(33)17-36-26-31-22-16-34(23-8-2-7-21(27)24(23)28)13-4-6-20(22)25(32-26)35-14-11-30-18(15-35)9-10-29/h2,7-8,18-19,30H,3-6,9,11-17H2,1H3/t18?,19-/m0/s1. The third-order valence-electron chi connectivity index (χ3n) is 7.49. The van der Waals surface area contributed by atoms with Crippen LogP contribution in [0.5, 0.6) is 6.01 Å². The minimum Gasteiger partial charge on any atom is -0.462 e. The first kappa shape index (κ1) is 25.3. The summed E-state index contributed by atoms with van der Waals surface area (Å²) in [5, 5.41) is 13.8. The second-order valence-corrected chi connectivity index (χ2v) is 10.7. The molecule has 4 heterocycles. The maximum absolute atomic E-state index is 9.24. The number of aromatic nitrogens is 2. The van der Waals surface area contributed by atoms with Gasteiger partial charge in [-0.3, -0.25) is 0 Å². The summed E-state index contributed by atoms with van der Waals surface area (Å²) in [5.74, 6) is 0.943. The molecule has 0 spiro atoms. The number of anilines is 2. The Morgan fingerprint density at radius 2 is 2.06 bits per heavy atom. The SMILES string of the molecule is CN1CCC[C@H]1COc1nc2c(c(N3CCNC(CC#N)C3)n1)CCCN(c1cccc(Cl)c1Cl)C2. The summed E-state index contributed by atoms with van der Waals surface area (Å²) in [7, 11) is 2.15. The fourth-order valence-electron chi connectivity index (χ4n) is 5.48. The first-order valence-corrected chi connectivity index (χ1v) is 13.6. The van der Waals surface area contributed by atoms with Gasteiger partial charge in [-0.2, -0.15) is 15.2 Å². The second kappa shape index (κ2) is 11.4. The number of nitrogens with zero attached hydrogens (tertiary/aromatic N) is 6. The highest BCUT2D eigenvalue weighted by molar-refractivity contribution is 6.43. The van der Waals surface area contributed by atoms with Crippen molar-refractivity contribution in [2.45, 2.75) is 50.7 Å². The van der Waals surface area contributed by atoms with E-state index < -0.39 is 0 Å². The van der Waals surface area contributed by atoms with E-state index in [2.05, 4.69) is 33.1 Å². The largest absolute Gasteiger partial charge is 0.462 e. The molecule has 5 rings (SSSR count). The lowest BCUT2D eigenvalue weighted by atomic mass is 10.1. The molecular formula is C26H33Cl2N7O. The quantitative estimate of drug-likeness (QED) is 0.603. The van der Waals surface area contributed by atoms with E-state index in [1.807, 2.05) is 18.2 Å². The number of fused-ring (bicyclic) bond motifs is 1. The van der Waals surface area contributed by atoms with Gasteiger partial charge in [0.05, 0.1) is 40.5 Å². The minimum atomic E-state index is 0.124. The molecule has 1 aromatic heterocycles. The molecular weight excluding hydrogens is 497 g/mol. The number of nitrogens with one attached hydrogen (secondary N) is 1. The Labute approximate surface area is 223 Å². The Hall–Kier alpha value is -2.31. The zero-order valence-corrected chi connectivity index (χ0v) is 22.2. The van der Waals surface area contributed by atoms with Crippen LogP contribution in [0.2, 0.25) is 10.0 Å². The number of likely N-dealkylation sites (tertiary alicyclic amines) is 1. The van der Waals surface area contributed by atoms with Crippen LogP contribution in [0.15, 0.2) is 18.2 Å². The van der Waals surface area contributed by atoms with Crippen molar-refractivity contribution in [3.63, 3.8) is 0 Å². The first-order valence-electron chi connectivity index (χ1n) is 12.8. The fourth-order valence-corrected chi connectivity index (χ4v) is 5.90. The van der Waals surface area contributed by atoms with Crippen molar-refractivity contribution in [2.24, 2.45) is 0 Å². The number of nitriles is 1. The highest BCUT2D eigenvalue weighted by Gasteiger charge is 2.29. The lowest BCUT2D eigenvalue weighted by Crippen LogP contribution is -2.51. The molecule has 0 amide bonds. The second-order valence-electron chi connectivity index (χ2n) is 9.90. The van der Waals surface area contributed by atoms with Crippen molar-refractivity contribution >= 4 is 34.7 Å². The molecule has 2 aromatic rings. The monoisotopic (exact) mass is 529 g/mol. The van der Waals surface area contributed by atoms with Gasteiger partial charge in [0.1, 0.15) is 12.4 Å². The van der Waals surface area contributed by atoms with Gasteiger partial charge < -0.3 is 24.8 Å². The Balaban J connectivity index is 1.47. The summed E-state index contributed by atoms with van der Waals surface area (Å²) < 4.78 is 6.23. The zero-order chi connectivity index (χ0) is 25.1. The van der Waals surface area contributed by atoms with Gasteiger partial charge in [-0.05, 0) is 51.4 Å². The van der Waals surface area contributed by atoms with E-state index in [0.29, 0.717) is 41.7 Å². The highest BCUT2D eigenvalue weighted by Crippen LogP contribution is 2.36. The molecule has 0 bridgehead atoms. The summed E-state index contributed by atoms with van der Waals surface area (Å²) in [5.41, 5.74) is 3.06. The maximum atomic E-state index is 9.24. The van der Waals surface area contributed by atoms with Crippen molar-refractivity contribution in [1.29, 1.82) is 5.26 Å². The van der Waals surface area contributed by atoms with Crippen LogP contribution in [0.25, 0.3) is 0 Å². The van der Waals surface area contributed by atoms with Crippen molar-refractivity contribution in [3.8, 4) is 12.1 Å². The van der Waals surface area contributed by atoms with Crippen molar-refractivity contribution in [1.82, 2.24) is 20.2 Å². The Bertz CT molecular complexity index is 1120. The molecule has 1 N–H and O–H groups in total. The average Bonchev–Trinajstić information content (AvgIpc) is 3.17. The smallest absolute Gasteiger partial charge is 0.318 e. The minimum absolute atomic E-state index is 0.124. The average molecular weight is 531 g/mol. The number of rotatable bonds is 6. The predicted octanol–water partition coefficient (Wildman–Crippen LogP) is 3.90. The van der Waals surface area contributed by atoms with Gasteiger partial charge in [0.25, 0.3) is 0 Å². The highest BCUT2D eigenvalue weighted by atomic mass is 35.5. The van der Waals surface area contributed by atoms with Crippen molar-refractivity contribution in [2.75, 3.05) is 56.2 Å². The Morgan fingerprint density at radius 3 is 2.86 bits per heavy atom. The van der Waals surface area contributed by atoms with E-state index in [1.54, 1.807) is 0 Å². The van der Waals surface area contributed by atoms with E-state index in [4.69, 9.17) is 37.9 Å². The summed E-state index contributed by atoms with van der Waals surface area (Å²) in [6, 6.07) is 9.00. The number of hydrogen-bond donors (Lipinski definition) is 1. The number of piperazine rings is 1. The van der Waals surface area contributed by atoms with Crippen LogP contribution in [0.1, 0.15) is 36.9 Å². The number of halogens is 2. The van der Waals surface area contributed by atoms with E-state index >= 15 is 0 Å². The third kappa shape index (κ3) is 5.50. The van der Waals surface area contributed by atoms with Crippen LogP contribution in [-0.4, -0.2) is 73.3 Å². The lowest BCUT2D eigenvalue weighted by molar-refractivity contribution is 0.187. The molecule has 3 aliphatic heterocycles. The number of ether oxygens (including phenoxy) is 1. The molecule has 0 saturated carbocycles. The molecule has 3 aliphatic rings. The predicted molar refractivity (Wildman–Crippen MR) is 143 cm³/mol. The Kier molecular flexibility index (Phi) is 8.02. The van der Waals surface area contributed by atoms with E-state index in [-0.39, 0.29) is 6.04 Å². The van der Waals surface area contributed by atoms with Crippen molar-refractivity contribution in [3.05, 3.63) is 39.5 Å². The molecule has 2 atom stereocenters. The molecule has 10 heteroatoms. The van der Waals surface area contributed by atoms with E-state index in [0.717, 1.165) is 69.2 Å². The van der Waals surface area contributed by atoms with Crippen LogP contribution in [0.3, 0.4) is 0 Å². The molecule has 8 nitrogen and oxygen atoms in total. The van der Waals surface area contributed by atoms with Crippen LogP contribution < -0.4 is 19.9 Å². The zero-order valence-electron chi connectivity index (χ0n) is 20.7. The van der Waals surface area contributed by atoms with Gasteiger partial charge in [-0.1, -0.05) is 29.3 Å². The molecule has 2 fully saturated rings. The van der Waals surface area contributed by atoms with Crippen LogP contribution in [-0.2, 0) is 13.0 Å². The maximum Gasteiger partial charge on any atom is 0.318 e. The number of likely N-dealkylation sites (N-methyl/N-ethyl adjacent to an activating group) is 1. The van der Waals surface area contributed by atoms with Gasteiger partial charge in [0.2, 0.25) is 0 Å². The van der Waals surface area contributed by atoms with Crippen LogP contribution >= 0.6 is 23.2 Å². The summed E-state index contributed by atoms with van der Waals surface area (Å²) >= 11 is 12.9.